The number of carbonyl (C=O) groups excluding carboxylic acids is 2. The third kappa shape index (κ3) is 4.10. The van der Waals surface area contributed by atoms with Gasteiger partial charge in [-0.1, -0.05) is 11.6 Å². The van der Waals surface area contributed by atoms with E-state index in [9.17, 15) is 14.4 Å². The second-order valence-corrected chi connectivity index (χ2v) is 7.29. The van der Waals surface area contributed by atoms with Crippen LogP contribution in [0.15, 0.2) is 34.7 Å². The third-order valence-corrected chi connectivity index (χ3v) is 5.41. The highest BCUT2D eigenvalue weighted by atomic mass is 35.5. The lowest BCUT2D eigenvalue weighted by Crippen LogP contribution is -2.32. The van der Waals surface area contributed by atoms with Crippen LogP contribution in [0.25, 0.3) is 10.2 Å². The second-order valence-electron chi connectivity index (χ2n) is 6.02. The molecule has 0 spiro atoms. The van der Waals surface area contributed by atoms with Crippen molar-refractivity contribution in [2.75, 3.05) is 19.0 Å². The summed E-state index contributed by atoms with van der Waals surface area (Å²) in [5.74, 6) is -0.560. The highest BCUT2D eigenvalue weighted by Crippen LogP contribution is 2.27. The van der Waals surface area contributed by atoms with Gasteiger partial charge < -0.3 is 14.8 Å². The predicted molar refractivity (Wildman–Crippen MR) is 111 cm³/mol. The Morgan fingerprint density at radius 2 is 2.14 bits per heavy atom. The van der Waals surface area contributed by atoms with Gasteiger partial charge in [-0.2, -0.15) is 0 Å². The van der Waals surface area contributed by atoms with Crippen molar-refractivity contribution in [1.82, 2.24) is 9.55 Å². The molecule has 2 aromatic heterocycles. The smallest absolute Gasteiger partial charge is 0.339 e. The van der Waals surface area contributed by atoms with E-state index in [1.54, 1.807) is 32.0 Å². The Bertz CT molecular complexity index is 1140. The number of hydrogen-bond donors (Lipinski definition) is 1. The van der Waals surface area contributed by atoms with Gasteiger partial charge in [-0.05, 0) is 32.0 Å². The van der Waals surface area contributed by atoms with Crippen molar-refractivity contribution in [2.24, 2.45) is 0 Å². The standard InChI is InChI=1S/C19H18ClN3O5S/c1-4-28-19(26)12-8-29-17-15(12)18(25)23(9-21-17)10(2)16(24)22-11-5-6-14(27-3)13(20)7-11/h5-10H,4H2,1-3H3,(H,22,24). The molecule has 0 aliphatic carbocycles. The summed E-state index contributed by atoms with van der Waals surface area (Å²) in [5, 5.41) is 4.72. The lowest BCUT2D eigenvalue weighted by molar-refractivity contribution is -0.118. The van der Waals surface area contributed by atoms with Gasteiger partial charge in [-0.15, -0.1) is 11.3 Å². The van der Waals surface area contributed by atoms with Gasteiger partial charge in [0.25, 0.3) is 5.56 Å². The van der Waals surface area contributed by atoms with Crippen molar-refractivity contribution in [3.05, 3.63) is 50.8 Å². The number of rotatable bonds is 6. The molecule has 152 valence electrons. The number of anilines is 1. The van der Waals surface area contributed by atoms with Gasteiger partial charge >= 0.3 is 5.97 Å². The van der Waals surface area contributed by atoms with Gasteiger partial charge in [0.2, 0.25) is 5.91 Å². The molecule has 1 N–H and O–H groups in total. The van der Waals surface area contributed by atoms with Crippen LogP contribution < -0.4 is 15.6 Å². The van der Waals surface area contributed by atoms with E-state index >= 15 is 0 Å². The first-order chi connectivity index (χ1) is 13.9. The van der Waals surface area contributed by atoms with Gasteiger partial charge in [0.1, 0.15) is 16.6 Å². The lowest BCUT2D eigenvalue weighted by Gasteiger charge is -2.15. The minimum absolute atomic E-state index is 0.142. The van der Waals surface area contributed by atoms with E-state index in [2.05, 4.69) is 10.3 Å². The summed E-state index contributed by atoms with van der Waals surface area (Å²) in [6.07, 6.45) is 1.29. The van der Waals surface area contributed by atoms with Crippen LogP contribution in [0.1, 0.15) is 30.2 Å². The molecule has 3 aromatic rings. The molecule has 0 bridgehead atoms. The fourth-order valence-electron chi connectivity index (χ4n) is 2.70. The van der Waals surface area contributed by atoms with E-state index in [0.29, 0.717) is 21.3 Å². The van der Waals surface area contributed by atoms with Crippen LogP contribution >= 0.6 is 22.9 Å². The van der Waals surface area contributed by atoms with Crippen LogP contribution in [0.5, 0.6) is 5.75 Å². The maximum atomic E-state index is 13.0. The SMILES string of the molecule is CCOC(=O)c1csc2ncn(C(C)C(=O)Nc3ccc(OC)c(Cl)c3)c(=O)c12. The first-order valence-corrected chi connectivity index (χ1v) is 9.93. The van der Waals surface area contributed by atoms with E-state index in [1.165, 1.54) is 34.7 Å². The van der Waals surface area contributed by atoms with E-state index < -0.39 is 23.5 Å². The summed E-state index contributed by atoms with van der Waals surface area (Å²) in [6, 6.07) is 3.93. The Morgan fingerprint density at radius 1 is 1.38 bits per heavy atom. The van der Waals surface area contributed by atoms with Crippen LogP contribution in [0, 0.1) is 0 Å². The van der Waals surface area contributed by atoms with Crippen LogP contribution in [0.2, 0.25) is 5.02 Å². The molecule has 2 heterocycles. The first-order valence-electron chi connectivity index (χ1n) is 8.67. The monoisotopic (exact) mass is 435 g/mol. The van der Waals surface area contributed by atoms with Crippen LogP contribution in [0.3, 0.4) is 0 Å². The van der Waals surface area contributed by atoms with Gasteiger partial charge in [0.05, 0.1) is 36.0 Å². The normalized spacial score (nSPS) is 11.9. The van der Waals surface area contributed by atoms with E-state index in [-0.39, 0.29) is 17.6 Å². The Balaban J connectivity index is 1.91. The quantitative estimate of drug-likeness (QED) is 0.595. The minimum atomic E-state index is -0.879. The molecule has 1 atom stereocenters. The number of nitrogens with one attached hydrogen (secondary N) is 1. The summed E-state index contributed by atoms with van der Waals surface area (Å²) in [6.45, 7) is 3.43. The molecule has 0 aliphatic heterocycles. The average molecular weight is 436 g/mol. The fraction of sp³-hybridized carbons (Fsp3) is 0.263. The number of halogens is 1. The molecule has 3 rings (SSSR count). The van der Waals surface area contributed by atoms with E-state index in [4.69, 9.17) is 21.1 Å². The van der Waals surface area contributed by atoms with Gasteiger partial charge in [-0.25, -0.2) is 9.78 Å². The summed E-state index contributed by atoms with van der Waals surface area (Å²) < 4.78 is 11.3. The number of benzene rings is 1. The Labute approximate surface area is 175 Å². The van der Waals surface area contributed by atoms with Crippen molar-refractivity contribution in [3.63, 3.8) is 0 Å². The van der Waals surface area contributed by atoms with Crippen LogP contribution in [0.4, 0.5) is 5.69 Å². The molecular formula is C19H18ClN3O5S. The van der Waals surface area contributed by atoms with Crippen molar-refractivity contribution >= 4 is 50.7 Å². The highest BCUT2D eigenvalue weighted by Gasteiger charge is 2.22. The molecule has 8 nitrogen and oxygen atoms in total. The zero-order chi connectivity index (χ0) is 21.1. The molecule has 1 unspecified atom stereocenters. The van der Waals surface area contributed by atoms with E-state index in [0.717, 1.165) is 0 Å². The Morgan fingerprint density at radius 3 is 2.79 bits per heavy atom. The third-order valence-electron chi connectivity index (χ3n) is 4.23. The van der Waals surface area contributed by atoms with Crippen molar-refractivity contribution in [3.8, 4) is 5.75 Å². The van der Waals surface area contributed by atoms with Crippen molar-refractivity contribution in [2.45, 2.75) is 19.9 Å². The number of esters is 1. The number of nitrogens with zero attached hydrogens (tertiary/aromatic N) is 2. The lowest BCUT2D eigenvalue weighted by atomic mass is 10.2. The molecule has 29 heavy (non-hydrogen) atoms. The number of aromatic nitrogens is 2. The zero-order valence-electron chi connectivity index (χ0n) is 15.9. The maximum Gasteiger partial charge on any atom is 0.339 e. The summed E-state index contributed by atoms with van der Waals surface area (Å²) in [7, 11) is 1.49. The minimum Gasteiger partial charge on any atom is -0.495 e. The molecule has 0 radical (unpaired) electrons. The van der Waals surface area contributed by atoms with Crippen LogP contribution in [-0.4, -0.2) is 35.1 Å². The summed E-state index contributed by atoms with van der Waals surface area (Å²) in [5.41, 5.74) is 0.112. The predicted octanol–water partition coefficient (Wildman–Crippen LogP) is 3.50. The van der Waals surface area contributed by atoms with E-state index in [1.807, 2.05) is 0 Å². The molecule has 0 saturated carbocycles. The largest absolute Gasteiger partial charge is 0.495 e. The number of fused-ring (bicyclic) bond motifs is 1. The molecule has 1 amide bonds. The van der Waals surface area contributed by atoms with Crippen molar-refractivity contribution < 1.29 is 19.1 Å². The van der Waals surface area contributed by atoms with Gasteiger partial charge in [0.15, 0.2) is 0 Å². The fourth-order valence-corrected chi connectivity index (χ4v) is 3.82. The highest BCUT2D eigenvalue weighted by molar-refractivity contribution is 7.17. The van der Waals surface area contributed by atoms with Crippen LogP contribution in [-0.2, 0) is 9.53 Å². The molecule has 1 aromatic carbocycles. The number of carbonyl (C=O) groups is 2. The molecular weight excluding hydrogens is 418 g/mol. The van der Waals surface area contributed by atoms with Gasteiger partial charge in [-0.3, -0.25) is 14.2 Å². The summed E-state index contributed by atoms with van der Waals surface area (Å²) >= 11 is 7.24. The second kappa shape index (κ2) is 8.62. The molecule has 0 fully saturated rings. The Hall–Kier alpha value is -2.91. The molecule has 10 heteroatoms. The Kier molecular flexibility index (Phi) is 6.19. The average Bonchev–Trinajstić information content (AvgIpc) is 3.13. The maximum absolute atomic E-state index is 13.0. The number of thiophene rings is 1. The first kappa shape index (κ1) is 20.8. The number of hydrogen-bond acceptors (Lipinski definition) is 7. The number of methoxy groups -OCH3 is 1. The number of ether oxygens (including phenoxy) is 2. The zero-order valence-corrected chi connectivity index (χ0v) is 17.5. The number of amides is 1. The summed E-state index contributed by atoms with van der Waals surface area (Å²) in [4.78, 5) is 42.4. The molecule has 0 aliphatic rings. The van der Waals surface area contributed by atoms with Crippen molar-refractivity contribution in [1.29, 1.82) is 0 Å². The van der Waals surface area contributed by atoms with Gasteiger partial charge in [0, 0.05) is 11.1 Å². The topological polar surface area (TPSA) is 99.5 Å². The molecule has 0 saturated heterocycles.